The molecule has 0 bridgehead atoms. The second-order valence-corrected chi connectivity index (χ2v) is 4.61. The Morgan fingerprint density at radius 2 is 2.33 bits per heavy atom. The molecule has 0 amide bonds. The third-order valence-corrected chi connectivity index (χ3v) is 3.22. The van der Waals surface area contributed by atoms with Crippen LogP contribution in [-0.4, -0.2) is 41.7 Å². The van der Waals surface area contributed by atoms with Gasteiger partial charge in [-0.25, -0.2) is 4.79 Å². The molecular weight excluding hydrogens is 232 g/mol. The van der Waals surface area contributed by atoms with E-state index in [0.29, 0.717) is 12.3 Å². The van der Waals surface area contributed by atoms with Crippen LogP contribution in [0.15, 0.2) is 16.5 Å². The predicted molar refractivity (Wildman–Crippen MR) is 67.6 cm³/mol. The number of carbonyl (C=O) groups is 1. The van der Waals surface area contributed by atoms with E-state index in [-0.39, 0.29) is 5.76 Å². The van der Waals surface area contributed by atoms with E-state index in [0.717, 1.165) is 25.7 Å². The van der Waals surface area contributed by atoms with Gasteiger partial charge in [0.25, 0.3) is 0 Å². The molecule has 1 aliphatic carbocycles. The number of nitrogens with one attached hydrogen (secondary N) is 1. The molecule has 100 valence electrons. The Bertz CT molecular complexity index is 399. The largest absolute Gasteiger partial charge is 0.475 e. The number of hydrogen-bond acceptors (Lipinski definition) is 4. The number of nitrogens with zero attached hydrogens (tertiary/aromatic N) is 1. The van der Waals surface area contributed by atoms with Crippen LogP contribution in [0.2, 0.25) is 0 Å². The van der Waals surface area contributed by atoms with Gasteiger partial charge in [-0.2, -0.15) is 0 Å². The number of carboxylic acid groups (broad SMARTS) is 1. The molecule has 1 aromatic heterocycles. The standard InChI is InChI=1S/C13H20N2O3/c1-2-15(10-3-4-10)8-7-14-9-11-5-6-12(18-11)13(16)17/h5-6,10,14H,2-4,7-9H2,1H3,(H,16,17). The van der Waals surface area contributed by atoms with Crippen molar-refractivity contribution in [3.05, 3.63) is 23.7 Å². The van der Waals surface area contributed by atoms with Crippen molar-refractivity contribution in [3.63, 3.8) is 0 Å². The predicted octanol–water partition coefficient (Wildman–Crippen LogP) is 1.55. The maximum atomic E-state index is 10.6. The second kappa shape index (κ2) is 6.02. The summed E-state index contributed by atoms with van der Waals surface area (Å²) in [5.74, 6) is -0.353. The van der Waals surface area contributed by atoms with Crippen LogP contribution in [-0.2, 0) is 6.54 Å². The summed E-state index contributed by atoms with van der Waals surface area (Å²) < 4.78 is 5.16. The van der Waals surface area contributed by atoms with E-state index in [1.165, 1.54) is 18.9 Å². The average molecular weight is 252 g/mol. The summed E-state index contributed by atoms with van der Waals surface area (Å²) in [6, 6.07) is 3.98. The summed E-state index contributed by atoms with van der Waals surface area (Å²) in [5.41, 5.74) is 0. The lowest BCUT2D eigenvalue weighted by Gasteiger charge is -2.19. The zero-order valence-corrected chi connectivity index (χ0v) is 10.7. The highest BCUT2D eigenvalue weighted by atomic mass is 16.4. The lowest BCUT2D eigenvalue weighted by molar-refractivity contribution is 0.0660. The third-order valence-electron chi connectivity index (χ3n) is 3.22. The fourth-order valence-corrected chi connectivity index (χ4v) is 2.06. The van der Waals surface area contributed by atoms with Crippen LogP contribution in [0.5, 0.6) is 0 Å². The van der Waals surface area contributed by atoms with Gasteiger partial charge in [0, 0.05) is 19.1 Å². The van der Waals surface area contributed by atoms with Gasteiger partial charge in [0.15, 0.2) is 0 Å². The molecule has 1 heterocycles. The molecule has 0 spiro atoms. The van der Waals surface area contributed by atoms with Crippen molar-refractivity contribution >= 4 is 5.97 Å². The van der Waals surface area contributed by atoms with E-state index in [1.54, 1.807) is 6.07 Å². The van der Waals surface area contributed by atoms with Crippen molar-refractivity contribution in [1.82, 2.24) is 10.2 Å². The lowest BCUT2D eigenvalue weighted by atomic mass is 10.4. The Morgan fingerprint density at radius 1 is 1.56 bits per heavy atom. The smallest absolute Gasteiger partial charge is 0.371 e. The van der Waals surface area contributed by atoms with Gasteiger partial charge in [-0.05, 0) is 31.5 Å². The van der Waals surface area contributed by atoms with Gasteiger partial charge in [0.05, 0.1) is 6.54 Å². The molecule has 0 radical (unpaired) electrons. The summed E-state index contributed by atoms with van der Waals surface area (Å²) in [6.07, 6.45) is 2.65. The Hall–Kier alpha value is -1.33. The van der Waals surface area contributed by atoms with Gasteiger partial charge in [0.2, 0.25) is 5.76 Å². The SMILES string of the molecule is CCN(CCNCc1ccc(C(=O)O)o1)C1CC1. The zero-order valence-electron chi connectivity index (χ0n) is 10.7. The van der Waals surface area contributed by atoms with Crippen molar-refractivity contribution in [2.24, 2.45) is 0 Å². The maximum Gasteiger partial charge on any atom is 0.371 e. The molecule has 1 saturated carbocycles. The van der Waals surface area contributed by atoms with Crippen LogP contribution in [0.1, 0.15) is 36.1 Å². The first kappa shape index (κ1) is 13.1. The van der Waals surface area contributed by atoms with Crippen LogP contribution >= 0.6 is 0 Å². The Kier molecular flexibility index (Phi) is 4.38. The van der Waals surface area contributed by atoms with Crippen LogP contribution in [0.4, 0.5) is 0 Å². The van der Waals surface area contributed by atoms with Crippen molar-refractivity contribution in [3.8, 4) is 0 Å². The Morgan fingerprint density at radius 3 is 2.89 bits per heavy atom. The molecule has 0 atom stereocenters. The minimum atomic E-state index is -1.02. The molecule has 1 aliphatic rings. The molecule has 0 aromatic carbocycles. The van der Waals surface area contributed by atoms with Crippen molar-refractivity contribution in [2.75, 3.05) is 19.6 Å². The minimum absolute atomic E-state index is 0.0000323. The molecule has 0 unspecified atom stereocenters. The highest BCUT2D eigenvalue weighted by Crippen LogP contribution is 2.25. The quantitative estimate of drug-likeness (QED) is 0.687. The highest BCUT2D eigenvalue weighted by Gasteiger charge is 2.26. The highest BCUT2D eigenvalue weighted by molar-refractivity contribution is 5.84. The number of furan rings is 1. The van der Waals surface area contributed by atoms with Crippen LogP contribution in [0.25, 0.3) is 0 Å². The van der Waals surface area contributed by atoms with E-state index < -0.39 is 5.97 Å². The summed E-state index contributed by atoms with van der Waals surface area (Å²) in [4.78, 5) is 13.1. The van der Waals surface area contributed by atoms with Crippen molar-refractivity contribution in [2.45, 2.75) is 32.4 Å². The van der Waals surface area contributed by atoms with Crippen LogP contribution in [0.3, 0.4) is 0 Å². The topological polar surface area (TPSA) is 65.7 Å². The van der Waals surface area contributed by atoms with E-state index in [1.807, 2.05) is 0 Å². The summed E-state index contributed by atoms with van der Waals surface area (Å²) in [5, 5.41) is 12.0. The zero-order chi connectivity index (χ0) is 13.0. The Labute approximate surface area is 107 Å². The van der Waals surface area contributed by atoms with Gasteiger partial charge in [-0.1, -0.05) is 6.92 Å². The molecular formula is C13H20N2O3. The molecule has 5 heteroatoms. The first-order chi connectivity index (χ1) is 8.70. The monoisotopic (exact) mass is 252 g/mol. The van der Waals surface area contributed by atoms with Crippen LogP contribution in [0, 0.1) is 0 Å². The molecule has 0 aliphatic heterocycles. The van der Waals surface area contributed by atoms with Gasteiger partial charge >= 0.3 is 5.97 Å². The van der Waals surface area contributed by atoms with Crippen molar-refractivity contribution < 1.29 is 14.3 Å². The fraction of sp³-hybridized carbons (Fsp3) is 0.615. The molecule has 5 nitrogen and oxygen atoms in total. The molecule has 1 fully saturated rings. The number of likely N-dealkylation sites (N-methyl/N-ethyl adjacent to an activating group) is 1. The fourth-order valence-electron chi connectivity index (χ4n) is 2.06. The van der Waals surface area contributed by atoms with Crippen molar-refractivity contribution in [1.29, 1.82) is 0 Å². The molecule has 0 saturated heterocycles. The third kappa shape index (κ3) is 3.58. The van der Waals surface area contributed by atoms with E-state index in [4.69, 9.17) is 9.52 Å². The van der Waals surface area contributed by atoms with E-state index >= 15 is 0 Å². The number of aromatic carboxylic acids is 1. The first-order valence-electron chi connectivity index (χ1n) is 6.47. The molecule has 2 N–H and O–H groups in total. The number of hydrogen-bond donors (Lipinski definition) is 2. The minimum Gasteiger partial charge on any atom is -0.475 e. The Balaban J connectivity index is 1.66. The van der Waals surface area contributed by atoms with Gasteiger partial charge < -0.3 is 14.8 Å². The van der Waals surface area contributed by atoms with Gasteiger partial charge in [-0.15, -0.1) is 0 Å². The molecule has 18 heavy (non-hydrogen) atoms. The number of carboxylic acids is 1. The van der Waals surface area contributed by atoms with E-state index in [2.05, 4.69) is 17.1 Å². The van der Waals surface area contributed by atoms with E-state index in [9.17, 15) is 4.79 Å². The summed E-state index contributed by atoms with van der Waals surface area (Å²) >= 11 is 0. The first-order valence-corrected chi connectivity index (χ1v) is 6.47. The second-order valence-electron chi connectivity index (χ2n) is 4.61. The maximum absolute atomic E-state index is 10.6. The van der Waals surface area contributed by atoms with Gasteiger partial charge in [0.1, 0.15) is 5.76 Å². The normalized spacial score (nSPS) is 15.2. The van der Waals surface area contributed by atoms with Gasteiger partial charge in [-0.3, -0.25) is 4.90 Å². The lowest BCUT2D eigenvalue weighted by Crippen LogP contribution is -2.33. The van der Waals surface area contributed by atoms with Crippen LogP contribution < -0.4 is 5.32 Å². The molecule has 2 rings (SSSR count). The number of rotatable bonds is 8. The summed E-state index contributed by atoms with van der Waals surface area (Å²) in [6.45, 7) is 5.79. The average Bonchev–Trinajstić information content (AvgIpc) is 3.07. The molecule has 1 aromatic rings. The summed E-state index contributed by atoms with van der Waals surface area (Å²) in [7, 11) is 0.